The van der Waals surface area contributed by atoms with E-state index >= 15 is 0 Å². The number of aryl methyl sites for hydroxylation is 1. The molecular weight excluding hydrogens is 447 g/mol. The minimum atomic E-state index is -4.48. The van der Waals surface area contributed by atoms with Crippen molar-refractivity contribution in [2.75, 3.05) is 30.9 Å². The average molecular weight is 469 g/mol. The van der Waals surface area contributed by atoms with Gasteiger partial charge in [-0.15, -0.1) is 0 Å². The van der Waals surface area contributed by atoms with Crippen LogP contribution in [0.3, 0.4) is 0 Å². The molecule has 4 aromatic rings. The first-order chi connectivity index (χ1) is 16.1. The molecule has 0 aliphatic rings. The van der Waals surface area contributed by atoms with Crippen molar-refractivity contribution < 1.29 is 18.0 Å². The van der Waals surface area contributed by atoms with E-state index in [-0.39, 0.29) is 0 Å². The average Bonchev–Trinajstić information content (AvgIpc) is 3.20. The van der Waals surface area contributed by atoms with Gasteiger partial charge in [0.05, 0.1) is 17.6 Å². The summed E-state index contributed by atoms with van der Waals surface area (Å²) >= 11 is 0. The molecule has 0 spiro atoms. The maximum atomic E-state index is 12.3. The number of hydrogen-bond donors (Lipinski definition) is 2. The first-order valence-electron chi connectivity index (χ1n) is 10.3. The van der Waals surface area contributed by atoms with E-state index in [1.54, 1.807) is 29.7 Å². The standard InChI is InChI=1S/C23H22F3N7O/c1-14-29-18(11-21(30-14)32(2)3)15-7-8-33-19(12-27-20(33)10-15)16-5-4-6-17(9-16)31-22(34)28-13-23(24,25)26/h4-12H,13H2,1-3H3,(H2,28,31,34). The SMILES string of the molecule is Cc1nc(-c2ccn3c(-c4cccc(NC(=O)NCC(F)(F)F)c4)cnc3c2)cc(N(C)C)n1. The van der Waals surface area contributed by atoms with Gasteiger partial charge in [-0.1, -0.05) is 12.1 Å². The molecule has 0 saturated heterocycles. The molecule has 3 aromatic heterocycles. The third kappa shape index (κ3) is 5.25. The molecule has 4 rings (SSSR count). The van der Waals surface area contributed by atoms with Gasteiger partial charge in [-0.05, 0) is 31.2 Å². The molecule has 11 heteroatoms. The molecule has 0 aliphatic heterocycles. The van der Waals surface area contributed by atoms with Crippen LogP contribution in [0.2, 0.25) is 0 Å². The third-order valence-electron chi connectivity index (χ3n) is 4.96. The maximum absolute atomic E-state index is 12.3. The lowest BCUT2D eigenvalue weighted by molar-refractivity contribution is -0.122. The van der Waals surface area contributed by atoms with E-state index in [4.69, 9.17) is 0 Å². The Hall–Kier alpha value is -4.15. The molecular formula is C23H22F3N7O. The number of nitrogens with one attached hydrogen (secondary N) is 2. The zero-order valence-corrected chi connectivity index (χ0v) is 18.7. The van der Waals surface area contributed by atoms with Crippen LogP contribution in [0.5, 0.6) is 0 Å². The highest BCUT2D eigenvalue weighted by Crippen LogP contribution is 2.27. The van der Waals surface area contributed by atoms with Crippen molar-refractivity contribution in [3.05, 3.63) is 60.7 Å². The molecule has 0 unspecified atom stereocenters. The number of aromatic nitrogens is 4. The summed E-state index contributed by atoms with van der Waals surface area (Å²) in [4.78, 5) is 27.1. The van der Waals surface area contributed by atoms with Crippen LogP contribution in [0, 0.1) is 6.92 Å². The summed E-state index contributed by atoms with van der Waals surface area (Å²) in [6.07, 6.45) is -0.915. The van der Waals surface area contributed by atoms with Gasteiger partial charge in [0.1, 0.15) is 23.8 Å². The van der Waals surface area contributed by atoms with E-state index in [0.717, 1.165) is 28.3 Å². The summed E-state index contributed by atoms with van der Waals surface area (Å²) in [7, 11) is 3.83. The van der Waals surface area contributed by atoms with Gasteiger partial charge in [-0.2, -0.15) is 13.2 Å². The number of carbonyl (C=O) groups excluding carboxylic acids is 1. The number of amides is 2. The lowest BCUT2D eigenvalue weighted by Gasteiger charge is -2.13. The van der Waals surface area contributed by atoms with Gasteiger partial charge in [0, 0.05) is 43.2 Å². The summed E-state index contributed by atoms with van der Waals surface area (Å²) in [6.45, 7) is 0.434. The number of carbonyl (C=O) groups is 1. The predicted octanol–water partition coefficient (Wildman–Crippen LogP) is 4.52. The highest BCUT2D eigenvalue weighted by molar-refractivity contribution is 5.90. The number of nitrogens with zero attached hydrogens (tertiary/aromatic N) is 5. The van der Waals surface area contributed by atoms with Crippen LogP contribution in [0.1, 0.15) is 5.82 Å². The van der Waals surface area contributed by atoms with Gasteiger partial charge in [-0.25, -0.2) is 19.7 Å². The first-order valence-corrected chi connectivity index (χ1v) is 10.3. The normalized spacial score (nSPS) is 11.5. The summed E-state index contributed by atoms with van der Waals surface area (Å²) in [5.74, 6) is 1.46. The van der Waals surface area contributed by atoms with Crippen LogP contribution >= 0.6 is 0 Å². The van der Waals surface area contributed by atoms with Crippen molar-refractivity contribution in [1.82, 2.24) is 24.7 Å². The van der Waals surface area contributed by atoms with Crippen LogP contribution in [-0.4, -0.2) is 52.2 Å². The highest BCUT2D eigenvalue weighted by atomic mass is 19.4. The van der Waals surface area contributed by atoms with Crippen LogP contribution < -0.4 is 15.5 Å². The first kappa shape index (κ1) is 23.0. The van der Waals surface area contributed by atoms with Gasteiger partial charge >= 0.3 is 12.2 Å². The van der Waals surface area contributed by atoms with E-state index in [9.17, 15) is 18.0 Å². The molecule has 0 radical (unpaired) electrons. The summed E-state index contributed by atoms with van der Waals surface area (Å²) in [5, 5.41) is 4.20. The second-order valence-electron chi connectivity index (χ2n) is 7.84. The Morgan fingerprint density at radius 3 is 2.62 bits per heavy atom. The van der Waals surface area contributed by atoms with Crippen molar-refractivity contribution >= 4 is 23.2 Å². The second-order valence-corrected chi connectivity index (χ2v) is 7.84. The molecule has 0 bridgehead atoms. The van der Waals surface area contributed by atoms with Crippen molar-refractivity contribution in [2.24, 2.45) is 0 Å². The Kier molecular flexibility index (Phi) is 6.10. The fraction of sp³-hybridized carbons (Fsp3) is 0.217. The number of urea groups is 1. The Balaban J connectivity index is 1.60. The van der Waals surface area contributed by atoms with Gasteiger partial charge in [0.2, 0.25) is 0 Å². The number of alkyl halides is 3. The highest BCUT2D eigenvalue weighted by Gasteiger charge is 2.27. The zero-order valence-electron chi connectivity index (χ0n) is 18.7. The largest absolute Gasteiger partial charge is 0.405 e. The minimum absolute atomic E-state index is 0.358. The van der Waals surface area contributed by atoms with Gasteiger partial charge in [0.15, 0.2) is 0 Å². The molecule has 8 nitrogen and oxygen atoms in total. The molecule has 3 heterocycles. The number of pyridine rings is 1. The lowest BCUT2D eigenvalue weighted by Crippen LogP contribution is -2.36. The van der Waals surface area contributed by atoms with E-state index in [1.807, 2.05) is 60.8 Å². The van der Waals surface area contributed by atoms with Crippen molar-refractivity contribution in [3.8, 4) is 22.5 Å². The molecule has 0 atom stereocenters. The number of anilines is 2. The predicted molar refractivity (Wildman–Crippen MR) is 124 cm³/mol. The van der Waals surface area contributed by atoms with Crippen molar-refractivity contribution in [3.63, 3.8) is 0 Å². The molecule has 2 N–H and O–H groups in total. The second kappa shape index (κ2) is 9.00. The molecule has 176 valence electrons. The Morgan fingerprint density at radius 1 is 1.09 bits per heavy atom. The van der Waals surface area contributed by atoms with E-state index in [1.165, 1.54) is 0 Å². The van der Waals surface area contributed by atoms with Crippen molar-refractivity contribution in [2.45, 2.75) is 13.1 Å². The summed E-state index contributed by atoms with van der Waals surface area (Å²) in [6, 6.07) is 11.6. The van der Waals surface area contributed by atoms with Crippen LogP contribution in [0.15, 0.2) is 54.9 Å². The molecule has 0 fully saturated rings. The Labute approximate surface area is 193 Å². The third-order valence-corrected chi connectivity index (χ3v) is 4.96. The van der Waals surface area contributed by atoms with E-state index < -0.39 is 18.8 Å². The molecule has 34 heavy (non-hydrogen) atoms. The summed E-state index contributed by atoms with van der Waals surface area (Å²) in [5.41, 5.74) is 4.21. The van der Waals surface area contributed by atoms with Crippen molar-refractivity contribution in [1.29, 1.82) is 0 Å². The number of fused-ring (bicyclic) bond motifs is 1. The van der Waals surface area contributed by atoms with Crippen LogP contribution in [0.25, 0.3) is 28.2 Å². The van der Waals surface area contributed by atoms with Crippen LogP contribution in [0.4, 0.5) is 29.5 Å². The zero-order chi connectivity index (χ0) is 24.5. The number of hydrogen-bond acceptors (Lipinski definition) is 5. The minimum Gasteiger partial charge on any atom is -0.363 e. The smallest absolute Gasteiger partial charge is 0.363 e. The number of imidazole rings is 1. The quantitative estimate of drug-likeness (QED) is 0.449. The molecule has 1 aromatic carbocycles. The van der Waals surface area contributed by atoms with Gasteiger partial charge < -0.3 is 15.5 Å². The monoisotopic (exact) mass is 469 g/mol. The fourth-order valence-corrected chi connectivity index (χ4v) is 3.39. The maximum Gasteiger partial charge on any atom is 0.405 e. The Bertz CT molecular complexity index is 1350. The van der Waals surface area contributed by atoms with Gasteiger partial charge in [-0.3, -0.25) is 4.40 Å². The molecule has 2 amide bonds. The number of benzene rings is 1. The molecule has 0 saturated carbocycles. The van der Waals surface area contributed by atoms with Gasteiger partial charge in [0.25, 0.3) is 0 Å². The number of halogens is 3. The lowest BCUT2D eigenvalue weighted by atomic mass is 10.1. The Morgan fingerprint density at radius 2 is 1.88 bits per heavy atom. The topological polar surface area (TPSA) is 87.4 Å². The van der Waals surface area contributed by atoms with E-state index in [2.05, 4.69) is 20.3 Å². The number of rotatable bonds is 5. The van der Waals surface area contributed by atoms with Crippen LogP contribution in [-0.2, 0) is 0 Å². The molecule has 0 aliphatic carbocycles. The van der Waals surface area contributed by atoms with E-state index in [0.29, 0.717) is 17.2 Å². The fourth-order valence-electron chi connectivity index (χ4n) is 3.39. The summed E-state index contributed by atoms with van der Waals surface area (Å²) < 4.78 is 38.8.